The Morgan fingerprint density at radius 1 is 1.05 bits per heavy atom. The lowest BCUT2D eigenvalue weighted by Gasteiger charge is -2.08. The number of carbonyl (C=O) groups excluding carboxylic acids is 1. The molecule has 0 unspecified atom stereocenters. The first-order valence-electron chi connectivity index (χ1n) is 5.71. The molecule has 0 bridgehead atoms. The molecule has 0 aliphatic heterocycles. The molecule has 0 N–H and O–H groups in total. The van der Waals surface area contributed by atoms with Gasteiger partial charge in [-0.05, 0) is 48.4 Å². The van der Waals surface area contributed by atoms with Gasteiger partial charge in [0.15, 0.2) is 0 Å². The number of halogens is 2. The van der Waals surface area contributed by atoms with E-state index in [4.69, 9.17) is 4.74 Å². The van der Waals surface area contributed by atoms with Crippen LogP contribution in [0.5, 0.6) is 5.75 Å². The van der Waals surface area contributed by atoms with Gasteiger partial charge in [-0.1, -0.05) is 0 Å². The molecule has 0 aliphatic rings. The van der Waals surface area contributed by atoms with Crippen LogP contribution in [0.15, 0.2) is 36.4 Å². The normalized spacial score (nSPS) is 10.3. The summed E-state index contributed by atoms with van der Waals surface area (Å²) in [5, 5.41) is 0. The van der Waals surface area contributed by atoms with Crippen LogP contribution in [-0.4, -0.2) is 6.29 Å². The summed E-state index contributed by atoms with van der Waals surface area (Å²) in [7, 11) is 0. The van der Waals surface area contributed by atoms with Crippen molar-refractivity contribution in [2.75, 3.05) is 0 Å². The van der Waals surface area contributed by atoms with E-state index in [2.05, 4.69) is 0 Å². The third-order valence-corrected chi connectivity index (χ3v) is 2.54. The third-order valence-electron chi connectivity index (χ3n) is 2.54. The maximum absolute atomic E-state index is 13.0. The molecule has 0 fully saturated rings. The molecule has 2 nitrogen and oxygen atoms in total. The molecule has 0 radical (unpaired) electrons. The molecule has 2 aromatic carbocycles. The number of hydrogen-bond donors (Lipinski definition) is 0. The molecule has 4 heteroatoms. The molecule has 19 heavy (non-hydrogen) atoms. The van der Waals surface area contributed by atoms with E-state index >= 15 is 0 Å². The zero-order chi connectivity index (χ0) is 13.8. The van der Waals surface area contributed by atoms with E-state index < -0.39 is 11.6 Å². The number of benzene rings is 2. The topological polar surface area (TPSA) is 26.3 Å². The lowest BCUT2D eigenvalue weighted by atomic mass is 10.1. The van der Waals surface area contributed by atoms with Gasteiger partial charge in [0, 0.05) is 11.6 Å². The SMILES string of the molecule is Cc1cc(C=O)cc(OCc2cc(F)cc(F)c2)c1. The lowest BCUT2D eigenvalue weighted by molar-refractivity contribution is 0.112. The van der Waals surface area contributed by atoms with E-state index in [0.29, 0.717) is 16.9 Å². The van der Waals surface area contributed by atoms with Gasteiger partial charge in [0.05, 0.1) is 0 Å². The van der Waals surface area contributed by atoms with Gasteiger partial charge in [-0.15, -0.1) is 0 Å². The molecule has 0 saturated heterocycles. The predicted molar refractivity (Wildman–Crippen MR) is 67.3 cm³/mol. The van der Waals surface area contributed by atoms with Crippen molar-refractivity contribution in [3.8, 4) is 5.75 Å². The highest BCUT2D eigenvalue weighted by Gasteiger charge is 2.03. The Labute approximate surface area is 109 Å². The highest BCUT2D eigenvalue weighted by atomic mass is 19.1. The molecule has 0 aliphatic carbocycles. The van der Waals surface area contributed by atoms with Crippen LogP contribution < -0.4 is 4.74 Å². The number of carbonyl (C=O) groups is 1. The second-order valence-corrected chi connectivity index (χ2v) is 4.26. The van der Waals surface area contributed by atoms with Gasteiger partial charge >= 0.3 is 0 Å². The second-order valence-electron chi connectivity index (χ2n) is 4.26. The van der Waals surface area contributed by atoms with Gasteiger partial charge in [-0.25, -0.2) is 8.78 Å². The van der Waals surface area contributed by atoms with Crippen molar-refractivity contribution in [1.82, 2.24) is 0 Å². The first-order chi connectivity index (χ1) is 9.06. The van der Waals surface area contributed by atoms with Crippen molar-refractivity contribution >= 4 is 6.29 Å². The molecular formula is C15H12F2O2. The van der Waals surface area contributed by atoms with Gasteiger partial charge in [0.1, 0.15) is 30.3 Å². The maximum Gasteiger partial charge on any atom is 0.150 e. The Kier molecular flexibility index (Phi) is 3.90. The number of rotatable bonds is 4. The molecule has 0 aromatic heterocycles. The summed E-state index contributed by atoms with van der Waals surface area (Å²) in [5.41, 5.74) is 1.78. The van der Waals surface area contributed by atoms with E-state index in [1.54, 1.807) is 18.2 Å². The van der Waals surface area contributed by atoms with E-state index in [1.807, 2.05) is 6.92 Å². The van der Waals surface area contributed by atoms with Crippen LogP contribution in [0.3, 0.4) is 0 Å². The maximum atomic E-state index is 13.0. The molecule has 2 rings (SSSR count). The van der Waals surface area contributed by atoms with Crippen LogP contribution in [-0.2, 0) is 6.61 Å². The summed E-state index contributed by atoms with van der Waals surface area (Å²) in [4.78, 5) is 10.7. The molecule has 0 heterocycles. The Balaban J connectivity index is 2.13. The van der Waals surface area contributed by atoms with E-state index in [1.165, 1.54) is 12.1 Å². The Bertz CT molecular complexity index is 589. The summed E-state index contributed by atoms with van der Waals surface area (Å²) >= 11 is 0. The van der Waals surface area contributed by atoms with Crippen LogP contribution in [0.1, 0.15) is 21.5 Å². The summed E-state index contributed by atoms with van der Waals surface area (Å²) in [6.07, 6.45) is 0.724. The molecule has 0 amide bonds. The average molecular weight is 262 g/mol. The van der Waals surface area contributed by atoms with Crippen molar-refractivity contribution in [1.29, 1.82) is 0 Å². The fourth-order valence-electron chi connectivity index (χ4n) is 1.79. The zero-order valence-corrected chi connectivity index (χ0v) is 10.3. The number of ether oxygens (including phenoxy) is 1. The Morgan fingerprint density at radius 3 is 2.37 bits per heavy atom. The monoisotopic (exact) mass is 262 g/mol. The zero-order valence-electron chi connectivity index (χ0n) is 10.3. The average Bonchev–Trinajstić information content (AvgIpc) is 2.34. The number of hydrogen-bond acceptors (Lipinski definition) is 2. The quantitative estimate of drug-likeness (QED) is 0.786. The summed E-state index contributed by atoms with van der Waals surface area (Å²) in [6.45, 7) is 1.87. The van der Waals surface area contributed by atoms with Crippen molar-refractivity contribution in [3.05, 3.63) is 64.7 Å². The molecular weight excluding hydrogens is 250 g/mol. The minimum atomic E-state index is -0.642. The van der Waals surface area contributed by atoms with Gasteiger partial charge < -0.3 is 4.74 Å². The number of aldehydes is 1. The Morgan fingerprint density at radius 2 is 1.74 bits per heavy atom. The van der Waals surface area contributed by atoms with Crippen molar-refractivity contribution in [2.24, 2.45) is 0 Å². The summed E-state index contributed by atoms with van der Waals surface area (Å²) in [5.74, 6) is -0.792. The van der Waals surface area contributed by atoms with Gasteiger partial charge in [0.2, 0.25) is 0 Å². The smallest absolute Gasteiger partial charge is 0.150 e. The summed E-state index contributed by atoms with van der Waals surface area (Å²) < 4.78 is 31.4. The minimum absolute atomic E-state index is 0.0381. The molecule has 98 valence electrons. The van der Waals surface area contributed by atoms with E-state index in [-0.39, 0.29) is 6.61 Å². The van der Waals surface area contributed by atoms with E-state index in [0.717, 1.165) is 17.9 Å². The van der Waals surface area contributed by atoms with Crippen LogP contribution in [0.4, 0.5) is 8.78 Å². The fourth-order valence-corrected chi connectivity index (χ4v) is 1.79. The van der Waals surface area contributed by atoms with Gasteiger partial charge in [0.25, 0.3) is 0 Å². The minimum Gasteiger partial charge on any atom is -0.489 e. The lowest BCUT2D eigenvalue weighted by Crippen LogP contribution is -1.98. The third kappa shape index (κ3) is 3.61. The molecule has 0 atom stereocenters. The number of aryl methyl sites for hydroxylation is 1. The van der Waals surface area contributed by atoms with Gasteiger partial charge in [-0.2, -0.15) is 0 Å². The van der Waals surface area contributed by atoms with Crippen molar-refractivity contribution in [2.45, 2.75) is 13.5 Å². The highest BCUT2D eigenvalue weighted by molar-refractivity contribution is 5.76. The standard InChI is InChI=1S/C15H12F2O2/c1-10-2-11(8-18)6-15(3-10)19-9-12-4-13(16)7-14(17)5-12/h2-8H,9H2,1H3. The molecule has 0 saturated carbocycles. The molecule has 0 spiro atoms. The van der Waals surface area contributed by atoms with Crippen LogP contribution >= 0.6 is 0 Å². The van der Waals surface area contributed by atoms with Crippen LogP contribution in [0, 0.1) is 18.6 Å². The highest BCUT2D eigenvalue weighted by Crippen LogP contribution is 2.18. The second kappa shape index (κ2) is 5.61. The van der Waals surface area contributed by atoms with Crippen molar-refractivity contribution in [3.63, 3.8) is 0 Å². The molecule has 2 aromatic rings. The predicted octanol–water partition coefficient (Wildman–Crippen LogP) is 3.66. The summed E-state index contributed by atoms with van der Waals surface area (Å²) in [6, 6.07) is 8.28. The first-order valence-corrected chi connectivity index (χ1v) is 5.71. The fraction of sp³-hybridized carbons (Fsp3) is 0.133. The van der Waals surface area contributed by atoms with E-state index in [9.17, 15) is 13.6 Å². The first kappa shape index (κ1) is 13.2. The van der Waals surface area contributed by atoms with Crippen molar-refractivity contribution < 1.29 is 18.3 Å². The van der Waals surface area contributed by atoms with Crippen LogP contribution in [0.2, 0.25) is 0 Å². The largest absolute Gasteiger partial charge is 0.489 e. The Hall–Kier alpha value is -2.23. The van der Waals surface area contributed by atoms with Crippen LogP contribution in [0.25, 0.3) is 0 Å². The van der Waals surface area contributed by atoms with Gasteiger partial charge in [-0.3, -0.25) is 4.79 Å².